The Kier molecular flexibility index (Phi) is 0.499. The van der Waals surface area contributed by atoms with Crippen LogP contribution in [0.3, 0.4) is 0 Å². The molecule has 39 valence electrons. The lowest BCUT2D eigenvalue weighted by Gasteiger charge is -2.25. The highest BCUT2D eigenvalue weighted by atomic mass is 14.6. The lowest BCUT2D eigenvalue weighted by molar-refractivity contribution is 0.271. The molecule has 0 heterocycles. The fourth-order valence-corrected chi connectivity index (χ4v) is 1.68. The summed E-state index contributed by atoms with van der Waals surface area (Å²) >= 11 is 0. The fourth-order valence-electron chi connectivity index (χ4n) is 1.68. The molecule has 1 unspecified atom stereocenters. The molecule has 0 amide bonds. The Morgan fingerprint density at radius 2 is 2.00 bits per heavy atom. The third-order valence-electron chi connectivity index (χ3n) is 2.71. The van der Waals surface area contributed by atoms with Gasteiger partial charge in [-0.1, -0.05) is 6.42 Å². The van der Waals surface area contributed by atoms with Gasteiger partial charge in [0.2, 0.25) is 0 Å². The Labute approximate surface area is 44.9 Å². The summed E-state index contributed by atoms with van der Waals surface area (Å²) in [5.41, 5.74) is 0.819. The maximum atomic E-state index is 4.03. The minimum atomic E-state index is 0.819. The molecule has 2 fully saturated rings. The molecule has 2 aliphatic rings. The van der Waals surface area contributed by atoms with Gasteiger partial charge < -0.3 is 0 Å². The van der Waals surface area contributed by atoms with Crippen molar-refractivity contribution in [1.82, 2.24) is 0 Å². The minimum absolute atomic E-state index is 0.819. The van der Waals surface area contributed by atoms with Gasteiger partial charge in [0.05, 0.1) is 0 Å². The van der Waals surface area contributed by atoms with Crippen LogP contribution >= 0.6 is 0 Å². The zero-order chi connectivity index (χ0) is 4.91. The Hall–Kier alpha value is 0. The van der Waals surface area contributed by atoms with Gasteiger partial charge in [-0.25, -0.2) is 0 Å². The lowest BCUT2D eigenvalue weighted by atomic mass is 9.80. The number of hydrogen-bond donors (Lipinski definition) is 0. The summed E-state index contributed by atoms with van der Waals surface area (Å²) in [7, 11) is 0. The van der Waals surface area contributed by atoms with E-state index in [1.807, 2.05) is 0 Å². The maximum Gasteiger partial charge on any atom is -0.0266 e. The largest absolute Gasteiger partial charge is 0.0522 e. The lowest BCUT2D eigenvalue weighted by Crippen LogP contribution is -2.13. The zero-order valence-corrected chi connectivity index (χ0v) is 4.61. The van der Waals surface area contributed by atoms with Crippen LogP contribution in [0.1, 0.15) is 25.7 Å². The molecule has 0 heteroatoms. The van der Waals surface area contributed by atoms with Crippen LogP contribution in [0.15, 0.2) is 0 Å². The van der Waals surface area contributed by atoms with E-state index in [1.54, 1.807) is 0 Å². The van der Waals surface area contributed by atoms with Gasteiger partial charge in [0.15, 0.2) is 0 Å². The molecule has 2 saturated carbocycles. The van der Waals surface area contributed by atoms with Gasteiger partial charge in [-0.2, -0.15) is 0 Å². The summed E-state index contributed by atoms with van der Waals surface area (Å²) in [5, 5.41) is 0. The van der Waals surface area contributed by atoms with Gasteiger partial charge in [-0.3, -0.25) is 0 Å². The van der Waals surface area contributed by atoms with E-state index in [2.05, 4.69) is 6.92 Å². The van der Waals surface area contributed by atoms with Gasteiger partial charge in [-0.05, 0) is 37.5 Å². The van der Waals surface area contributed by atoms with E-state index in [1.165, 1.54) is 25.7 Å². The SMILES string of the molecule is [CH2]C1CC12CCC2. The predicted octanol–water partition coefficient (Wildman–Crippen LogP) is 2.01. The summed E-state index contributed by atoms with van der Waals surface area (Å²) < 4.78 is 0. The molecule has 2 rings (SSSR count). The maximum absolute atomic E-state index is 4.03. The second kappa shape index (κ2) is 0.888. The second-order valence-corrected chi connectivity index (χ2v) is 3.12. The van der Waals surface area contributed by atoms with Crippen molar-refractivity contribution in [1.29, 1.82) is 0 Å². The first kappa shape index (κ1) is 3.94. The highest BCUT2D eigenvalue weighted by Gasteiger charge is 2.54. The molecule has 0 aromatic rings. The summed E-state index contributed by atoms with van der Waals surface area (Å²) in [6.07, 6.45) is 5.89. The number of hydrogen-bond acceptors (Lipinski definition) is 0. The van der Waals surface area contributed by atoms with E-state index in [-0.39, 0.29) is 0 Å². The number of rotatable bonds is 0. The molecule has 0 bridgehead atoms. The summed E-state index contributed by atoms with van der Waals surface area (Å²) in [6, 6.07) is 0. The molecular formula is C7H11. The first-order valence-corrected chi connectivity index (χ1v) is 3.17. The highest BCUT2D eigenvalue weighted by molar-refractivity contribution is 5.08. The van der Waals surface area contributed by atoms with E-state index in [4.69, 9.17) is 0 Å². The van der Waals surface area contributed by atoms with E-state index in [9.17, 15) is 0 Å². The van der Waals surface area contributed by atoms with Crippen molar-refractivity contribution in [2.24, 2.45) is 11.3 Å². The van der Waals surface area contributed by atoms with Crippen LogP contribution in [0, 0.1) is 18.3 Å². The molecule has 1 radical (unpaired) electrons. The summed E-state index contributed by atoms with van der Waals surface area (Å²) in [6.45, 7) is 4.03. The molecule has 0 aliphatic heterocycles. The van der Waals surface area contributed by atoms with Crippen LogP contribution in [0.2, 0.25) is 0 Å². The van der Waals surface area contributed by atoms with Crippen LogP contribution < -0.4 is 0 Å². The quantitative estimate of drug-likeness (QED) is 0.431. The van der Waals surface area contributed by atoms with E-state index in [0.717, 1.165) is 11.3 Å². The monoisotopic (exact) mass is 95.1 g/mol. The fraction of sp³-hybridized carbons (Fsp3) is 0.857. The third kappa shape index (κ3) is 0.332. The smallest absolute Gasteiger partial charge is 0.0266 e. The van der Waals surface area contributed by atoms with Gasteiger partial charge in [-0.15, -0.1) is 0 Å². The van der Waals surface area contributed by atoms with Crippen molar-refractivity contribution in [3.63, 3.8) is 0 Å². The topological polar surface area (TPSA) is 0 Å². The van der Waals surface area contributed by atoms with Gasteiger partial charge in [0.25, 0.3) is 0 Å². The average Bonchev–Trinajstić information content (AvgIpc) is 2.10. The van der Waals surface area contributed by atoms with Gasteiger partial charge in [0, 0.05) is 0 Å². The molecule has 2 aliphatic carbocycles. The Morgan fingerprint density at radius 1 is 1.43 bits per heavy atom. The molecule has 0 saturated heterocycles. The Morgan fingerprint density at radius 3 is 2.00 bits per heavy atom. The van der Waals surface area contributed by atoms with Crippen molar-refractivity contribution in [2.75, 3.05) is 0 Å². The van der Waals surface area contributed by atoms with Crippen LogP contribution in [0.5, 0.6) is 0 Å². The molecule has 1 atom stereocenters. The van der Waals surface area contributed by atoms with Crippen LogP contribution in [0.4, 0.5) is 0 Å². The molecule has 1 spiro atoms. The summed E-state index contributed by atoms with van der Waals surface area (Å²) in [4.78, 5) is 0. The summed E-state index contributed by atoms with van der Waals surface area (Å²) in [5.74, 6) is 0.848. The van der Waals surface area contributed by atoms with Gasteiger partial charge in [0.1, 0.15) is 0 Å². The molecule has 0 N–H and O–H groups in total. The van der Waals surface area contributed by atoms with Crippen molar-refractivity contribution in [2.45, 2.75) is 25.7 Å². The van der Waals surface area contributed by atoms with Gasteiger partial charge >= 0.3 is 0 Å². The van der Waals surface area contributed by atoms with Crippen LogP contribution in [0.25, 0.3) is 0 Å². The first-order chi connectivity index (χ1) is 3.33. The van der Waals surface area contributed by atoms with E-state index < -0.39 is 0 Å². The van der Waals surface area contributed by atoms with E-state index in [0.29, 0.717) is 0 Å². The molecule has 0 nitrogen and oxygen atoms in total. The zero-order valence-electron chi connectivity index (χ0n) is 4.61. The molecule has 0 aromatic heterocycles. The molecular weight excluding hydrogens is 84.1 g/mol. The molecule has 7 heavy (non-hydrogen) atoms. The average molecular weight is 95.2 g/mol. The Balaban J connectivity index is 2.05. The second-order valence-electron chi connectivity index (χ2n) is 3.12. The Bertz CT molecular complexity index is 84.7. The van der Waals surface area contributed by atoms with E-state index >= 15 is 0 Å². The van der Waals surface area contributed by atoms with Crippen molar-refractivity contribution in [3.8, 4) is 0 Å². The van der Waals surface area contributed by atoms with Crippen molar-refractivity contribution < 1.29 is 0 Å². The minimum Gasteiger partial charge on any atom is -0.0522 e. The first-order valence-electron chi connectivity index (χ1n) is 3.17. The normalized spacial score (nSPS) is 43.3. The van der Waals surface area contributed by atoms with Crippen LogP contribution in [-0.4, -0.2) is 0 Å². The third-order valence-corrected chi connectivity index (χ3v) is 2.71. The highest BCUT2D eigenvalue weighted by Crippen LogP contribution is 2.64. The van der Waals surface area contributed by atoms with Crippen molar-refractivity contribution >= 4 is 0 Å². The standard InChI is InChI=1S/C7H11/c1-6-5-7(6)3-2-4-7/h6H,1-5H2. The van der Waals surface area contributed by atoms with Crippen molar-refractivity contribution in [3.05, 3.63) is 6.92 Å². The van der Waals surface area contributed by atoms with Crippen LogP contribution in [-0.2, 0) is 0 Å². The molecule has 0 aromatic carbocycles. The predicted molar refractivity (Wildman–Crippen MR) is 29.7 cm³/mol.